The lowest BCUT2D eigenvalue weighted by molar-refractivity contribution is -0.143. The van der Waals surface area contributed by atoms with E-state index in [4.69, 9.17) is 0 Å². The van der Waals surface area contributed by atoms with Gasteiger partial charge in [-0.3, -0.25) is 0 Å². The maximum absolute atomic E-state index is 12.0. The second-order valence-corrected chi connectivity index (χ2v) is 2.25. The van der Waals surface area contributed by atoms with E-state index in [-0.39, 0.29) is 0 Å². The Morgan fingerprint density at radius 3 is 2.18 bits per heavy atom. The predicted octanol–water partition coefficient (Wildman–Crippen LogP) is 1.75. The zero-order valence-corrected chi connectivity index (χ0v) is 6.11. The highest BCUT2D eigenvalue weighted by atomic mass is 19.4. The predicted molar refractivity (Wildman–Crippen MR) is 32.9 cm³/mol. The van der Waals surface area contributed by atoms with Gasteiger partial charge in [0.05, 0.1) is 6.20 Å². The van der Waals surface area contributed by atoms with E-state index in [1.165, 1.54) is 14.0 Å². The Morgan fingerprint density at radius 1 is 1.45 bits per heavy atom. The van der Waals surface area contributed by atoms with Crippen molar-refractivity contribution in [1.82, 2.24) is 9.55 Å². The lowest BCUT2D eigenvalue weighted by atomic mass is 10.4. The van der Waals surface area contributed by atoms with Crippen LogP contribution in [0.3, 0.4) is 0 Å². The van der Waals surface area contributed by atoms with Crippen molar-refractivity contribution in [2.24, 2.45) is 7.05 Å². The average molecular weight is 164 g/mol. The quantitative estimate of drug-likeness (QED) is 0.571. The number of hydrogen-bond donors (Lipinski definition) is 0. The van der Waals surface area contributed by atoms with Crippen LogP contribution in [0.5, 0.6) is 0 Å². The van der Waals surface area contributed by atoms with Crippen molar-refractivity contribution in [3.05, 3.63) is 17.7 Å². The van der Waals surface area contributed by atoms with Crippen LogP contribution in [0.25, 0.3) is 0 Å². The van der Waals surface area contributed by atoms with E-state index in [1.807, 2.05) is 0 Å². The second kappa shape index (κ2) is 2.25. The van der Waals surface area contributed by atoms with Crippen LogP contribution in [0, 0.1) is 6.92 Å². The molecule has 0 bridgehead atoms. The molecule has 0 saturated carbocycles. The Hall–Kier alpha value is -1.00. The van der Waals surface area contributed by atoms with Gasteiger partial charge in [0.1, 0.15) is 11.5 Å². The number of aryl methyl sites for hydroxylation is 1. The SMILES string of the molecule is Cc1ncc(C(F)(F)F)n1C. The summed E-state index contributed by atoms with van der Waals surface area (Å²) in [6.07, 6.45) is -3.47. The van der Waals surface area contributed by atoms with Gasteiger partial charge in [-0.1, -0.05) is 0 Å². The molecule has 0 aliphatic carbocycles. The zero-order valence-electron chi connectivity index (χ0n) is 6.11. The van der Waals surface area contributed by atoms with Crippen molar-refractivity contribution in [1.29, 1.82) is 0 Å². The molecule has 0 spiro atoms. The molecule has 0 unspecified atom stereocenters. The van der Waals surface area contributed by atoms with E-state index in [9.17, 15) is 13.2 Å². The lowest BCUT2D eigenvalue weighted by Gasteiger charge is -2.06. The van der Waals surface area contributed by atoms with Crippen LogP contribution in [-0.4, -0.2) is 9.55 Å². The molecule has 0 radical (unpaired) electrons. The van der Waals surface area contributed by atoms with Gasteiger partial charge in [-0.15, -0.1) is 0 Å². The van der Waals surface area contributed by atoms with Crippen LogP contribution in [0.15, 0.2) is 6.20 Å². The molecular formula is C6H7F3N2. The molecule has 62 valence electrons. The van der Waals surface area contributed by atoms with Crippen molar-refractivity contribution < 1.29 is 13.2 Å². The Labute approximate surface area is 61.7 Å². The smallest absolute Gasteiger partial charge is 0.328 e. The highest BCUT2D eigenvalue weighted by molar-refractivity contribution is 5.07. The van der Waals surface area contributed by atoms with Crippen molar-refractivity contribution in [2.75, 3.05) is 0 Å². The van der Waals surface area contributed by atoms with Crippen LogP contribution >= 0.6 is 0 Å². The van der Waals surface area contributed by atoms with Crippen LogP contribution in [-0.2, 0) is 13.2 Å². The topological polar surface area (TPSA) is 17.8 Å². The number of nitrogens with zero attached hydrogens (tertiary/aromatic N) is 2. The van der Waals surface area contributed by atoms with Gasteiger partial charge in [0.25, 0.3) is 0 Å². The Balaban J connectivity index is 3.15. The molecule has 0 fully saturated rings. The highest BCUT2D eigenvalue weighted by Crippen LogP contribution is 2.28. The molecule has 1 aromatic rings. The summed E-state index contributed by atoms with van der Waals surface area (Å²) in [6, 6.07) is 0. The van der Waals surface area contributed by atoms with Crippen molar-refractivity contribution in [2.45, 2.75) is 13.1 Å². The third-order valence-electron chi connectivity index (χ3n) is 1.51. The van der Waals surface area contributed by atoms with Crippen LogP contribution in [0.1, 0.15) is 11.5 Å². The molecule has 0 amide bonds. The largest absolute Gasteiger partial charge is 0.432 e. The number of halogens is 3. The summed E-state index contributed by atoms with van der Waals surface area (Å²) < 4.78 is 37.0. The van der Waals surface area contributed by atoms with Gasteiger partial charge in [-0.25, -0.2) is 4.98 Å². The van der Waals surface area contributed by atoms with Crippen LogP contribution in [0.4, 0.5) is 13.2 Å². The fourth-order valence-corrected chi connectivity index (χ4v) is 0.765. The van der Waals surface area contributed by atoms with Crippen molar-refractivity contribution in [3.8, 4) is 0 Å². The highest BCUT2D eigenvalue weighted by Gasteiger charge is 2.34. The molecule has 5 heteroatoms. The molecule has 0 aliphatic heterocycles. The Kier molecular flexibility index (Phi) is 1.66. The third-order valence-corrected chi connectivity index (χ3v) is 1.51. The summed E-state index contributed by atoms with van der Waals surface area (Å²) in [5.74, 6) is 0.359. The van der Waals surface area contributed by atoms with Gasteiger partial charge in [0.15, 0.2) is 0 Å². The fourth-order valence-electron chi connectivity index (χ4n) is 0.765. The van der Waals surface area contributed by atoms with E-state index >= 15 is 0 Å². The molecule has 1 heterocycles. The summed E-state index contributed by atoms with van der Waals surface area (Å²) in [6.45, 7) is 1.52. The Morgan fingerprint density at radius 2 is 2.00 bits per heavy atom. The minimum atomic E-state index is -4.30. The molecular weight excluding hydrogens is 157 g/mol. The maximum atomic E-state index is 12.0. The van der Waals surface area contributed by atoms with Gasteiger partial charge >= 0.3 is 6.18 Å². The molecule has 11 heavy (non-hydrogen) atoms. The second-order valence-electron chi connectivity index (χ2n) is 2.25. The van der Waals surface area contributed by atoms with Gasteiger partial charge in [0, 0.05) is 7.05 Å². The van der Waals surface area contributed by atoms with Gasteiger partial charge in [-0.2, -0.15) is 13.2 Å². The summed E-state index contributed by atoms with van der Waals surface area (Å²) in [5.41, 5.74) is -0.713. The Bertz CT molecular complexity index is 261. The molecule has 0 aromatic carbocycles. The number of alkyl halides is 3. The monoisotopic (exact) mass is 164 g/mol. The maximum Gasteiger partial charge on any atom is 0.432 e. The van der Waals surface area contributed by atoms with E-state index in [0.717, 1.165) is 10.8 Å². The van der Waals surface area contributed by atoms with Gasteiger partial charge in [0.2, 0.25) is 0 Å². The van der Waals surface area contributed by atoms with E-state index < -0.39 is 11.9 Å². The first-order chi connectivity index (χ1) is 4.93. The minimum absolute atomic E-state index is 0.359. The first-order valence-corrected chi connectivity index (χ1v) is 2.98. The van der Waals surface area contributed by atoms with Crippen molar-refractivity contribution in [3.63, 3.8) is 0 Å². The molecule has 2 nitrogen and oxygen atoms in total. The average Bonchev–Trinajstić information content (AvgIpc) is 2.11. The minimum Gasteiger partial charge on any atom is -0.328 e. The lowest BCUT2D eigenvalue weighted by Crippen LogP contribution is -2.11. The van der Waals surface area contributed by atoms with E-state index in [0.29, 0.717) is 5.82 Å². The van der Waals surface area contributed by atoms with Crippen LogP contribution < -0.4 is 0 Å². The fraction of sp³-hybridized carbons (Fsp3) is 0.500. The molecule has 0 saturated heterocycles. The molecule has 1 rings (SSSR count). The molecule has 1 aromatic heterocycles. The molecule has 0 N–H and O–H groups in total. The summed E-state index contributed by atoms with van der Waals surface area (Å²) in [5, 5.41) is 0. The number of imidazole rings is 1. The number of aromatic nitrogens is 2. The normalized spacial score (nSPS) is 12.1. The standard InChI is InChI=1S/C6H7F3N2/c1-4-10-3-5(11(4)2)6(7,8)9/h3H,1-2H3. The first-order valence-electron chi connectivity index (χ1n) is 2.98. The zero-order chi connectivity index (χ0) is 8.65. The van der Waals surface area contributed by atoms with Crippen LogP contribution in [0.2, 0.25) is 0 Å². The van der Waals surface area contributed by atoms with E-state index in [1.54, 1.807) is 0 Å². The van der Waals surface area contributed by atoms with E-state index in [2.05, 4.69) is 4.98 Å². The van der Waals surface area contributed by atoms with Gasteiger partial charge < -0.3 is 4.57 Å². The number of hydrogen-bond acceptors (Lipinski definition) is 1. The summed E-state index contributed by atoms with van der Waals surface area (Å²) in [7, 11) is 1.34. The summed E-state index contributed by atoms with van der Waals surface area (Å²) in [4.78, 5) is 3.53. The molecule has 0 atom stereocenters. The molecule has 0 aliphatic rings. The third kappa shape index (κ3) is 1.36. The van der Waals surface area contributed by atoms with Crippen molar-refractivity contribution >= 4 is 0 Å². The number of rotatable bonds is 0. The summed E-state index contributed by atoms with van der Waals surface area (Å²) >= 11 is 0. The van der Waals surface area contributed by atoms with Gasteiger partial charge in [-0.05, 0) is 6.92 Å². The first kappa shape index (κ1) is 8.10.